The van der Waals surface area contributed by atoms with Gasteiger partial charge in [0.05, 0.1) is 25.8 Å². The first-order chi connectivity index (χ1) is 14.0. The Balaban J connectivity index is 1.70. The second-order valence-corrected chi connectivity index (χ2v) is 8.08. The average molecular weight is 419 g/mol. The van der Waals surface area contributed by atoms with Gasteiger partial charge in [0.1, 0.15) is 16.5 Å². The van der Waals surface area contributed by atoms with Crippen molar-refractivity contribution in [2.45, 2.75) is 39.0 Å². The molecule has 2 atom stereocenters. The van der Waals surface area contributed by atoms with E-state index in [1.165, 1.54) is 11.3 Å². The van der Waals surface area contributed by atoms with E-state index in [2.05, 4.69) is 29.4 Å². The summed E-state index contributed by atoms with van der Waals surface area (Å²) in [6.45, 7) is 4.50. The van der Waals surface area contributed by atoms with E-state index in [4.69, 9.17) is 9.47 Å². The van der Waals surface area contributed by atoms with Crippen LogP contribution in [0.15, 0.2) is 18.2 Å². The molecular weight excluding hydrogens is 392 g/mol. The number of amides is 2. The minimum absolute atomic E-state index is 0.129. The summed E-state index contributed by atoms with van der Waals surface area (Å²) in [6.07, 6.45) is 2.22. The van der Waals surface area contributed by atoms with E-state index in [1.807, 2.05) is 0 Å². The summed E-state index contributed by atoms with van der Waals surface area (Å²) in [7, 11) is 3.11. The number of nitrogens with one attached hydrogen (secondary N) is 1. The monoisotopic (exact) mass is 418 g/mol. The smallest absolute Gasteiger partial charge is 0.231 e. The lowest BCUT2D eigenvalue weighted by molar-refractivity contribution is -0.122. The summed E-state index contributed by atoms with van der Waals surface area (Å²) in [5.41, 5.74) is 0.596. The number of anilines is 2. The van der Waals surface area contributed by atoms with Crippen molar-refractivity contribution in [2.75, 3.05) is 31.0 Å². The van der Waals surface area contributed by atoms with Crippen molar-refractivity contribution in [3.8, 4) is 11.5 Å². The fourth-order valence-electron chi connectivity index (χ4n) is 3.37. The molecular formula is C20H26N4O4S. The van der Waals surface area contributed by atoms with E-state index in [0.29, 0.717) is 28.2 Å². The van der Waals surface area contributed by atoms with Crippen LogP contribution in [0.5, 0.6) is 11.5 Å². The van der Waals surface area contributed by atoms with Gasteiger partial charge < -0.3 is 19.7 Å². The number of benzene rings is 1. The summed E-state index contributed by atoms with van der Waals surface area (Å²) in [5.74, 6) is 0.647. The fraction of sp³-hybridized carbons (Fsp3) is 0.500. The minimum atomic E-state index is -0.473. The lowest BCUT2D eigenvalue weighted by Crippen LogP contribution is -2.28. The number of carbonyl (C=O) groups is 2. The maximum Gasteiger partial charge on any atom is 0.231 e. The maximum atomic E-state index is 12.7. The van der Waals surface area contributed by atoms with Gasteiger partial charge in [-0.25, -0.2) is 0 Å². The maximum absolute atomic E-state index is 12.7. The van der Waals surface area contributed by atoms with Gasteiger partial charge in [0.2, 0.25) is 16.9 Å². The SMILES string of the molecule is CCC[C@@H](C)c1nnc(NC(=O)[C@@H]2CC(=O)N(c3cc(OC)ccc3OC)C2)s1. The fourth-order valence-corrected chi connectivity index (χ4v) is 4.20. The Morgan fingerprint density at radius 3 is 2.83 bits per heavy atom. The van der Waals surface area contributed by atoms with Crippen LogP contribution < -0.4 is 19.7 Å². The van der Waals surface area contributed by atoms with Crippen molar-refractivity contribution in [3.05, 3.63) is 23.2 Å². The highest BCUT2D eigenvalue weighted by Crippen LogP contribution is 2.36. The van der Waals surface area contributed by atoms with E-state index in [1.54, 1.807) is 37.3 Å². The first-order valence-corrected chi connectivity index (χ1v) is 10.4. The molecule has 9 heteroatoms. The standard InChI is InChI=1S/C20H26N4O4S/c1-5-6-12(2)19-22-23-20(29-19)21-18(26)13-9-17(25)24(11-13)15-10-14(27-3)7-8-16(15)28-4/h7-8,10,12-13H,5-6,9,11H2,1-4H3,(H,21,23,26)/t12-,13-/m1/s1. The molecule has 0 unspecified atom stereocenters. The molecule has 1 aromatic heterocycles. The molecule has 0 aliphatic carbocycles. The lowest BCUT2D eigenvalue weighted by atomic mass is 10.1. The molecule has 3 rings (SSSR count). The molecule has 0 bridgehead atoms. The number of rotatable bonds is 8. The van der Waals surface area contributed by atoms with Crippen LogP contribution in [0.4, 0.5) is 10.8 Å². The highest BCUT2D eigenvalue weighted by molar-refractivity contribution is 7.15. The van der Waals surface area contributed by atoms with Gasteiger partial charge in [-0.1, -0.05) is 31.6 Å². The molecule has 1 N–H and O–H groups in total. The van der Waals surface area contributed by atoms with Crippen molar-refractivity contribution in [2.24, 2.45) is 5.92 Å². The van der Waals surface area contributed by atoms with Gasteiger partial charge in [-0.3, -0.25) is 9.59 Å². The normalized spacial score (nSPS) is 17.3. The third-order valence-electron chi connectivity index (χ3n) is 4.99. The molecule has 156 valence electrons. The zero-order valence-corrected chi connectivity index (χ0v) is 17.9. The highest BCUT2D eigenvalue weighted by Gasteiger charge is 2.37. The van der Waals surface area contributed by atoms with Crippen LogP contribution in [0.1, 0.15) is 44.0 Å². The number of aromatic nitrogens is 2. The predicted octanol–water partition coefficient (Wildman–Crippen LogP) is 3.45. The van der Waals surface area contributed by atoms with Crippen LogP contribution in [-0.2, 0) is 9.59 Å². The molecule has 0 spiro atoms. The van der Waals surface area contributed by atoms with Crippen LogP contribution in [0.2, 0.25) is 0 Å². The van der Waals surface area contributed by atoms with Crippen LogP contribution in [-0.4, -0.2) is 42.8 Å². The molecule has 1 aliphatic heterocycles. The zero-order valence-electron chi connectivity index (χ0n) is 17.1. The van der Waals surface area contributed by atoms with Gasteiger partial charge in [0.25, 0.3) is 0 Å². The van der Waals surface area contributed by atoms with Gasteiger partial charge in [-0.05, 0) is 18.6 Å². The molecule has 1 fully saturated rings. The molecule has 2 heterocycles. The molecule has 2 aromatic rings. The number of methoxy groups -OCH3 is 2. The Bertz CT molecular complexity index is 885. The van der Waals surface area contributed by atoms with E-state index >= 15 is 0 Å². The molecule has 2 amide bonds. The van der Waals surface area contributed by atoms with Crippen LogP contribution in [0.25, 0.3) is 0 Å². The number of nitrogens with zero attached hydrogens (tertiary/aromatic N) is 3. The lowest BCUT2D eigenvalue weighted by Gasteiger charge is -2.20. The predicted molar refractivity (Wildman–Crippen MR) is 112 cm³/mol. The first-order valence-electron chi connectivity index (χ1n) is 9.63. The quantitative estimate of drug-likeness (QED) is 0.706. The molecule has 29 heavy (non-hydrogen) atoms. The summed E-state index contributed by atoms with van der Waals surface area (Å²) in [5, 5.41) is 12.5. The molecule has 1 saturated heterocycles. The van der Waals surface area contributed by atoms with E-state index < -0.39 is 5.92 Å². The molecule has 1 aromatic carbocycles. The Morgan fingerprint density at radius 1 is 1.34 bits per heavy atom. The summed E-state index contributed by atoms with van der Waals surface area (Å²) >= 11 is 1.39. The number of ether oxygens (including phenoxy) is 2. The van der Waals surface area contributed by atoms with Crippen molar-refractivity contribution in [3.63, 3.8) is 0 Å². The van der Waals surface area contributed by atoms with Crippen molar-refractivity contribution < 1.29 is 19.1 Å². The average Bonchev–Trinajstić information content (AvgIpc) is 3.34. The van der Waals surface area contributed by atoms with Crippen molar-refractivity contribution in [1.82, 2.24) is 10.2 Å². The zero-order chi connectivity index (χ0) is 21.0. The molecule has 1 aliphatic rings. The van der Waals surface area contributed by atoms with Gasteiger partial charge in [-0.2, -0.15) is 0 Å². The van der Waals surface area contributed by atoms with Crippen LogP contribution in [0, 0.1) is 5.92 Å². The first kappa shape index (κ1) is 21.0. The molecule has 8 nitrogen and oxygen atoms in total. The summed E-state index contributed by atoms with van der Waals surface area (Å²) in [4.78, 5) is 26.9. The Labute approximate surface area is 174 Å². The van der Waals surface area contributed by atoms with Gasteiger partial charge in [-0.15, -0.1) is 10.2 Å². The second-order valence-electron chi connectivity index (χ2n) is 7.07. The van der Waals surface area contributed by atoms with Crippen LogP contribution in [0.3, 0.4) is 0 Å². The Morgan fingerprint density at radius 2 is 2.14 bits per heavy atom. The molecule has 0 radical (unpaired) electrons. The van der Waals surface area contributed by atoms with Crippen molar-refractivity contribution >= 4 is 34.0 Å². The Hall–Kier alpha value is -2.68. The Kier molecular flexibility index (Phi) is 6.68. The van der Waals surface area contributed by atoms with Crippen LogP contribution >= 0.6 is 11.3 Å². The largest absolute Gasteiger partial charge is 0.497 e. The second kappa shape index (κ2) is 9.21. The van der Waals surface area contributed by atoms with Gasteiger partial charge in [0, 0.05) is 24.9 Å². The third kappa shape index (κ3) is 4.67. The summed E-state index contributed by atoms with van der Waals surface area (Å²) in [6, 6.07) is 5.25. The van der Waals surface area contributed by atoms with E-state index in [-0.39, 0.29) is 24.8 Å². The number of hydrogen-bond donors (Lipinski definition) is 1. The minimum Gasteiger partial charge on any atom is -0.497 e. The van der Waals surface area contributed by atoms with E-state index in [9.17, 15) is 9.59 Å². The van der Waals surface area contributed by atoms with Crippen molar-refractivity contribution in [1.29, 1.82) is 0 Å². The molecule has 0 saturated carbocycles. The number of carbonyl (C=O) groups excluding carboxylic acids is 2. The highest BCUT2D eigenvalue weighted by atomic mass is 32.1. The topological polar surface area (TPSA) is 93.7 Å². The third-order valence-corrected chi connectivity index (χ3v) is 6.06. The van der Waals surface area contributed by atoms with Gasteiger partial charge in [0.15, 0.2) is 0 Å². The number of hydrogen-bond acceptors (Lipinski definition) is 7. The summed E-state index contributed by atoms with van der Waals surface area (Å²) < 4.78 is 10.6. The van der Waals surface area contributed by atoms with Gasteiger partial charge >= 0.3 is 0 Å². The van der Waals surface area contributed by atoms with E-state index in [0.717, 1.165) is 17.8 Å².